The first kappa shape index (κ1) is 12.3. The monoisotopic (exact) mass is 258 g/mol. The van der Waals surface area contributed by atoms with Crippen molar-refractivity contribution >= 4 is 26.1 Å². The van der Waals surface area contributed by atoms with Crippen molar-refractivity contribution in [2.45, 2.75) is 19.4 Å². The molecule has 0 saturated carbocycles. The maximum Gasteiger partial charge on any atom is 0.279 e. The lowest BCUT2D eigenvalue weighted by molar-refractivity contribution is 0.456. The molecule has 0 aromatic rings. The van der Waals surface area contributed by atoms with Gasteiger partial charge in [-0.15, -0.1) is 0 Å². The Balaban J connectivity index is 4.47. The van der Waals surface area contributed by atoms with Gasteiger partial charge in [-0.05, 0) is 13.8 Å². The molecule has 0 saturated heterocycles. The van der Waals surface area contributed by atoms with E-state index in [1.165, 1.54) is 14.1 Å². The number of hydrogen-bond donors (Lipinski definition) is 1. The van der Waals surface area contributed by atoms with Gasteiger partial charge in [0.25, 0.3) is 10.2 Å². The van der Waals surface area contributed by atoms with Crippen molar-refractivity contribution in [2.24, 2.45) is 0 Å². The van der Waals surface area contributed by atoms with Crippen LogP contribution in [0.4, 0.5) is 0 Å². The molecular weight excluding hydrogens is 244 g/mol. The van der Waals surface area contributed by atoms with Crippen molar-refractivity contribution in [3.63, 3.8) is 0 Å². The Bertz CT molecular complexity index is 236. The van der Waals surface area contributed by atoms with Gasteiger partial charge in [0.1, 0.15) is 0 Å². The van der Waals surface area contributed by atoms with E-state index in [9.17, 15) is 8.42 Å². The van der Waals surface area contributed by atoms with Crippen molar-refractivity contribution in [3.05, 3.63) is 0 Å². The van der Waals surface area contributed by atoms with Crippen LogP contribution in [0.5, 0.6) is 0 Å². The summed E-state index contributed by atoms with van der Waals surface area (Å²) in [5.41, 5.74) is -0.455. The zero-order chi connectivity index (χ0) is 9.99. The zero-order valence-corrected chi connectivity index (χ0v) is 10.2. The van der Waals surface area contributed by atoms with Crippen molar-refractivity contribution in [2.75, 3.05) is 19.4 Å². The molecule has 1 N–H and O–H groups in total. The third kappa shape index (κ3) is 3.84. The molecule has 0 aromatic carbocycles. The summed E-state index contributed by atoms with van der Waals surface area (Å²) in [6, 6.07) is 0. The molecule has 0 aromatic heterocycles. The Hall–Kier alpha value is 0.350. The van der Waals surface area contributed by atoms with Crippen LogP contribution < -0.4 is 4.72 Å². The second-order valence-electron chi connectivity index (χ2n) is 3.41. The lowest BCUT2D eigenvalue weighted by Crippen LogP contribution is -2.49. The lowest BCUT2D eigenvalue weighted by atomic mass is 10.1. The Morgan fingerprint density at radius 3 is 2.08 bits per heavy atom. The standard InChI is InChI=1S/C6H15BrN2O2S/c1-6(2,5-7)8-12(10,11)9(3)4/h8H,5H2,1-4H3. The molecule has 0 atom stereocenters. The van der Waals surface area contributed by atoms with Crippen LogP contribution in [0.25, 0.3) is 0 Å². The van der Waals surface area contributed by atoms with Crippen LogP contribution in [0.15, 0.2) is 0 Å². The van der Waals surface area contributed by atoms with E-state index >= 15 is 0 Å². The number of alkyl halides is 1. The fourth-order valence-electron chi connectivity index (χ4n) is 0.468. The maximum absolute atomic E-state index is 11.3. The van der Waals surface area contributed by atoms with E-state index in [1.54, 1.807) is 0 Å². The predicted octanol–water partition coefficient (Wildman–Crippen LogP) is 0.556. The topological polar surface area (TPSA) is 49.4 Å². The van der Waals surface area contributed by atoms with Gasteiger partial charge in [-0.1, -0.05) is 15.9 Å². The van der Waals surface area contributed by atoms with Crippen LogP contribution in [0.2, 0.25) is 0 Å². The normalized spacial score (nSPS) is 13.8. The molecule has 0 heterocycles. The van der Waals surface area contributed by atoms with Crippen LogP contribution >= 0.6 is 15.9 Å². The van der Waals surface area contributed by atoms with Gasteiger partial charge >= 0.3 is 0 Å². The summed E-state index contributed by atoms with van der Waals surface area (Å²) >= 11 is 3.23. The van der Waals surface area contributed by atoms with Crippen molar-refractivity contribution in [1.29, 1.82) is 0 Å². The number of halogens is 1. The summed E-state index contributed by atoms with van der Waals surface area (Å²) in [6.45, 7) is 3.62. The Kier molecular flexibility index (Phi) is 4.16. The van der Waals surface area contributed by atoms with E-state index < -0.39 is 15.7 Å². The molecular formula is C6H15BrN2O2S. The van der Waals surface area contributed by atoms with Crippen molar-refractivity contribution in [1.82, 2.24) is 9.03 Å². The molecule has 4 nitrogen and oxygen atoms in total. The second kappa shape index (κ2) is 4.04. The molecule has 74 valence electrons. The third-order valence-corrected chi connectivity index (χ3v) is 4.39. The first-order chi connectivity index (χ1) is 5.21. The first-order valence-corrected chi connectivity index (χ1v) is 6.05. The summed E-state index contributed by atoms with van der Waals surface area (Å²) in [7, 11) is -0.329. The highest BCUT2D eigenvalue weighted by Gasteiger charge is 2.24. The van der Waals surface area contributed by atoms with E-state index in [0.717, 1.165) is 4.31 Å². The van der Waals surface area contributed by atoms with Gasteiger partial charge in [0.05, 0.1) is 0 Å². The summed E-state index contributed by atoms with van der Waals surface area (Å²) in [4.78, 5) is 0. The van der Waals surface area contributed by atoms with Gasteiger partial charge in [0.15, 0.2) is 0 Å². The van der Waals surface area contributed by atoms with Crippen LogP contribution in [0, 0.1) is 0 Å². The summed E-state index contributed by atoms with van der Waals surface area (Å²) in [6.07, 6.45) is 0. The number of hydrogen-bond acceptors (Lipinski definition) is 2. The van der Waals surface area contributed by atoms with Gasteiger partial charge in [-0.3, -0.25) is 0 Å². The molecule has 0 aliphatic rings. The van der Waals surface area contributed by atoms with E-state index in [2.05, 4.69) is 20.7 Å². The Morgan fingerprint density at radius 1 is 1.42 bits per heavy atom. The average molecular weight is 259 g/mol. The summed E-state index contributed by atoms with van der Waals surface area (Å²) in [5.74, 6) is 0. The molecule has 0 unspecified atom stereocenters. The molecule has 0 bridgehead atoms. The Labute approximate surface area is 82.6 Å². The van der Waals surface area contributed by atoms with Gasteiger partial charge in [0, 0.05) is 25.0 Å². The molecule has 0 fully saturated rings. The van der Waals surface area contributed by atoms with E-state index in [0.29, 0.717) is 5.33 Å². The number of nitrogens with one attached hydrogen (secondary N) is 1. The largest absolute Gasteiger partial charge is 0.279 e. The highest BCUT2D eigenvalue weighted by atomic mass is 79.9. The SMILES string of the molecule is CN(C)S(=O)(=O)NC(C)(C)CBr. The third-order valence-electron chi connectivity index (χ3n) is 1.22. The molecule has 0 aliphatic carbocycles. The van der Waals surface area contributed by atoms with Gasteiger partial charge < -0.3 is 0 Å². The summed E-state index contributed by atoms with van der Waals surface area (Å²) < 4.78 is 26.3. The average Bonchev–Trinajstić information content (AvgIpc) is 1.85. The van der Waals surface area contributed by atoms with Crippen LogP contribution in [0.3, 0.4) is 0 Å². The highest BCUT2D eigenvalue weighted by Crippen LogP contribution is 2.08. The predicted molar refractivity (Wildman–Crippen MR) is 53.6 cm³/mol. The van der Waals surface area contributed by atoms with Gasteiger partial charge in [-0.2, -0.15) is 17.4 Å². The molecule has 0 radical (unpaired) electrons. The fourth-order valence-corrected chi connectivity index (χ4v) is 1.75. The van der Waals surface area contributed by atoms with Crippen LogP contribution in [-0.2, 0) is 10.2 Å². The highest BCUT2D eigenvalue weighted by molar-refractivity contribution is 9.09. The smallest absolute Gasteiger partial charge is 0.196 e. The van der Waals surface area contributed by atoms with Crippen LogP contribution in [-0.4, -0.2) is 37.7 Å². The number of nitrogens with zero attached hydrogens (tertiary/aromatic N) is 1. The quantitative estimate of drug-likeness (QED) is 0.750. The second-order valence-corrected chi connectivity index (χ2v) is 5.85. The minimum absolute atomic E-state index is 0.455. The van der Waals surface area contributed by atoms with Crippen LogP contribution in [0.1, 0.15) is 13.8 Å². The molecule has 0 rings (SSSR count). The molecule has 12 heavy (non-hydrogen) atoms. The minimum Gasteiger partial charge on any atom is -0.196 e. The molecule has 0 spiro atoms. The van der Waals surface area contributed by atoms with E-state index in [1.807, 2.05) is 13.8 Å². The molecule has 0 amide bonds. The minimum atomic E-state index is -3.31. The molecule has 0 aliphatic heterocycles. The lowest BCUT2D eigenvalue weighted by Gasteiger charge is -2.25. The van der Waals surface area contributed by atoms with Gasteiger partial charge in [-0.25, -0.2) is 0 Å². The molecule has 6 heteroatoms. The van der Waals surface area contributed by atoms with Crippen molar-refractivity contribution < 1.29 is 8.42 Å². The number of rotatable bonds is 4. The van der Waals surface area contributed by atoms with Gasteiger partial charge in [0.2, 0.25) is 0 Å². The van der Waals surface area contributed by atoms with E-state index in [4.69, 9.17) is 0 Å². The maximum atomic E-state index is 11.3. The summed E-state index contributed by atoms with van der Waals surface area (Å²) in [5, 5.41) is 0.576. The van der Waals surface area contributed by atoms with Crippen molar-refractivity contribution in [3.8, 4) is 0 Å². The fraction of sp³-hybridized carbons (Fsp3) is 1.00. The Morgan fingerprint density at radius 2 is 1.83 bits per heavy atom. The first-order valence-electron chi connectivity index (χ1n) is 3.49. The van der Waals surface area contributed by atoms with E-state index in [-0.39, 0.29) is 0 Å². The zero-order valence-electron chi connectivity index (χ0n) is 7.76.